The van der Waals surface area contributed by atoms with E-state index >= 15 is 0 Å². The molecule has 3 aliphatic heterocycles. The standard InChI is InChI=1S/C47H56N4O11S/c1-21-13-12-14-22(2)46(58)49-37-41(56)34-33(36-44(37)63-32-20-30-29(19-28(32)48-36)50(9)16-17-51(30)10)35-43(26(6)40(34)55)62-47(8,45(35)57)60-18-15-31(59-11)23(3)42(61-27(7)52)25(5)39(54)24(4)38(21)53/h12-15,18-21,23-25,31,38-39,42,53-54,56H,16-17H2,1-11H3,(H,49,58)/b13-12+,18-15+,22-14-/t21-,23+,24+,25+,31-,38-,39+,42+,47-/m0/s1. The van der Waals surface area contributed by atoms with E-state index < -0.39 is 82.7 Å². The van der Waals surface area contributed by atoms with Gasteiger partial charge in [-0.2, -0.15) is 0 Å². The van der Waals surface area contributed by atoms with E-state index in [1.165, 1.54) is 51.6 Å². The van der Waals surface area contributed by atoms with Gasteiger partial charge in [-0.3, -0.25) is 19.2 Å². The van der Waals surface area contributed by atoms with E-state index in [4.69, 9.17) is 23.9 Å². The van der Waals surface area contributed by atoms with Gasteiger partial charge in [0.1, 0.15) is 17.5 Å². The molecule has 4 aromatic rings. The van der Waals surface area contributed by atoms with E-state index in [2.05, 4.69) is 15.1 Å². The molecule has 1 amide bonds. The number of aromatic hydroxyl groups is 1. The number of fused-ring (bicyclic) bond motifs is 3. The molecule has 0 spiro atoms. The van der Waals surface area contributed by atoms with Gasteiger partial charge in [0.2, 0.25) is 0 Å². The smallest absolute Gasteiger partial charge is 0.312 e. The quantitative estimate of drug-likeness (QED) is 0.0752. The number of allylic oxidation sites excluding steroid dienone is 2. The van der Waals surface area contributed by atoms with Gasteiger partial charge >= 0.3 is 11.8 Å². The normalized spacial score (nSPS) is 30.1. The van der Waals surface area contributed by atoms with Gasteiger partial charge in [0.25, 0.3) is 11.7 Å². The van der Waals surface area contributed by atoms with Crippen LogP contribution in [0.25, 0.3) is 31.2 Å². The minimum Gasteiger partial charge on any atom is -0.505 e. The van der Waals surface area contributed by atoms with Crippen molar-refractivity contribution in [1.29, 1.82) is 0 Å². The Hall–Kier alpha value is -5.55. The summed E-state index contributed by atoms with van der Waals surface area (Å²) in [6.07, 6.45) is 3.84. The highest BCUT2D eigenvalue weighted by Gasteiger charge is 2.49. The zero-order chi connectivity index (χ0) is 46.0. The summed E-state index contributed by atoms with van der Waals surface area (Å²) in [4.78, 5) is 65.0. The first-order valence-corrected chi connectivity index (χ1v) is 21.9. The number of benzene rings is 3. The van der Waals surface area contributed by atoms with Gasteiger partial charge in [-0.05, 0) is 32.1 Å². The Bertz CT molecular complexity index is 2690. The third-order valence-corrected chi connectivity index (χ3v) is 14.2. The Morgan fingerprint density at radius 3 is 2.29 bits per heavy atom. The number of carbonyl (C=O) groups excluding carboxylic acids is 3. The molecule has 0 aliphatic carbocycles. The predicted octanol–water partition coefficient (Wildman–Crippen LogP) is 6.35. The van der Waals surface area contributed by atoms with Crippen LogP contribution in [0.3, 0.4) is 0 Å². The minimum atomic E-state index is -2.00. The fourth-order valence-corrected chi connectivity index (χ4v) is 10.1. The number of phenols is 1. The number of phenolic OH excluding ortho intramolecular Hbond substituents is 1. The lowest BCUT2D eigenvalue weighted by atomic mass is 9.78. The third-order valence-electron chi connectivity index (χ3n) is 13.0. The van der Waals surface area contributed by atoms with Crippen molar-refractivity contribution in [2.45, 2.75) is 85.6 Å². The van der Waals surface area contributed by atoms with Crippen LogP contribution in [0.5, 0.6) is 11.5 Å². The molecule has 7 rings (SSSR count). The monoisotopic (exact) mass is 884 g/mol. The van der Waals surface area contributed by atoms with Crippen molar-refractivity contribution in [3.05, 3.63) is 69.6 Å². The number of esters is 1. The number of aliphatic hydroxyl groups is 2. The van der Waals surface area contributed by atoms with Gasteiger partial charge in [0.05, 0.1) is 67.3 Å². The second-order valence-corrected chi connectivity index (χ2v) is 18.4. The van der Waals surface area contributed by atoms with Gasteiger partial charge < -0.3 is 49.4 Å². The fraction of sp³-hybridized carbons (Fsp3) is 0.468. The van der Waals surface area contributed by atoms with E-state index in [1.807, 2.05) is 26.2 Å². The Labute approximate surface area is 369 Å². The largest absolute Gasteiger partial charge is 0.505 e. The molecule has 0 radical (unpaired) electrons. The molecule has 3 aromatic carbocycles. The number of carbonyl (C=O) groups is 3. The lowest BCUT2D eigenvalue weighted by molar-refractivity contribution is -0.160. The number of likely N-dealkylation sites (N-methyl/N-ethyl adjacent to an activating group) is 2. The molecular weight excluding hydrogens is 829 g/mol. The Balaban J connectivity index is 1.47. The van der Waals surface area contributed by atoms with E-state index in [0.29, 0.717) is 10.2 Å². The van der Waals surface area contributed by atoms with Crippen molar-refractivity contribution in [2.24, 2.45) is 23.7 Å². The van der Waals surface area contributed by atoms with Crippen LogP contribution in [0.15, 0.2) is 53.1 Å². The van der Waals surface area contributed by atoms with Crippen molar-refractivity contribution in [3.8, 4) is 11.5 Å². The SMILES string of the molecule is CO[C@H]1/C=C/O[C@@]2(C)Oc3c(C)c(=O)c4c(O)c(c5sc6cc7c(cc6nc5c4c3C2=O)N(C)CCN7C)NC(=O)/C(C)=C\C=C\[C@H](C)[C@H](O)[C@@H](C)[C@@H](O)[C@@H](C)[C@H](OC(C)=O)[C@@H]1C. The molecule has 1 aromatic heterocycles. The highest BCUT2D eigenvalue weighted by atomic mass is 32.1. The van der Waals surface area contributed by atoms with E-state index in [1.54, 1.807) is 52.8 Å². The number of aromatic nitrogens is 1. The molecule has 0 saturated heterocycles. The molecule has 0 saturated carbocycles. The average molecular weight is 885 g/mol. The maximum absolute atomic E-state index is 14.8. The summed E-state index contributed by atoms with van der Waals surface area (Å²) in [6, 6.07) is 3.95. The van der Waals surface area contributed by atoms with Crippen molar-refractivity contribution < 1.29 is 48.7 Å². The number of hydrogen-bond donors (Lipinski definition) is 4. The molecule has 0 unspecified atom stereocenters. The first kappa shape index (κ1) is 45.5. The summed E-state index contributed by atoms with van der Waals surface area (Å²) >= 11 is 1.25. The second kappa shape index (κ2) is 17.2. The van der Waals surface area contributed by atoms with E-state index in [-0.39, 0.29) is 44.4 Å². The lowest BCUT2D eigenvalue weighted by Crippen LogP contribution is -2.46. The summed E-state index contributed by atoms with van der Waals surface area (Å²) in [5, 5.41) is 37.9. The number of ketones is 1. The Kier molecular flexibility index (Phi) is 12.4. The summed E-state index contributed by atoms with van der Waals surface area (Å²) in [6.45, 7) is 14.3. The summed E-state index contributed by atoms with van der Waals surface area (Å²) in [7, 11) is 5.46. The minimum absolute atomic E-state index is 0.0134. The summed E-state index contributed by atoms with van der Waals surface area (Å²) < 4.78 is 25.0. The maximum atomic E-state index is 14.8. The van der Waals surface area contributed by atoms with Gasteiger partial charge in [-0.25, -0.2) is 4.98 Å². The van der Waals surface area contributed by atoms with Gasteiger partial charge in [-0.1, -0.05) is 45.9 Å². The number of nitrogens with zero attached hydrogens (tertiary/aromatic N) is 3. The van der Waals surface area contributed by atoms with Crippen molar-refractivity contribution >= 4 is 77.3 Å². The molecule has 63 heavy (non-hydrogen) atoms. The van der Waals surface area contributed by atoms with Crippen LogP contribution in [0, 0.1) is 30.6 Å². The molecule has 4 N–H and O–H groups in total. The number of rotatable bonds is 2. The zero-order valence-electron chi connectivity index (χ0n) is 37.4. The molecule has 3 aliphatic rings. The first-order chi connectivity index (χ1) is 29.7. The van der Waals surface area contributed by atoms with Crippen molar-refractivity contribution in [2.75, 3.05) is 49.4 Å². The van der Waals surface area contributed by atoms with Crippen LogP contribution in [0.4, 0.5) is 17.1 Å². The third kappa shape index (κ3) is 7.91. The average Bonchev–Trinajstić information content (AvgIpc) is 3.51. The molecule has 15 nitrogen and oxygen atoms in total. The van der Waals surface area contributed by atoms with Crippen molar-refractivity contribution in [3.63, 3.8) is 0 Å². The molecular formula is C47H56N4O11S. The van der Waals surface area contributed by atoms with E-state index in [9.17, 15) is 34.5 Å². The molecule has 336 valence electrons. The van der Waals surface area contributed by atoms with Crippen LogP contribution in [0.1, 0.15) is 64.4 Å². The van der Waals surface area contributed by atoms with E-state index in [0.717, 1.165) is 29.2 Å². The van der Waals surface area contributed by atoms with Crippen molar-refractivity contribution in [1.82, 2.24) is 4.98 Å². The highest BCUT2D eigenvalue weighted by Crippen LogP contribution is 2.50. The number of aliphatic hydroxyl groups excluding tert-OH is 2. The van der Waals surface area contributed by atoms with Crippen LogP contribution in [-0.2, 0) is 23.8 Å². The number of methoxy groups -OCH3 is 1. The van der Waals surface area contributed by atoms with Gasteiger partial charge in [0, 0.05) is 88.3 Å². The summed E-state index contributed by atoms with van der Waals surface area (Å²) in [5.41, 5.74) is 2.25. The van der Waals surface area contributed by atoms with Gasteiger partial charge in [-0.15, -0.1) is 11.3 Å². The first-order valence-electron chi connectivity index (χ1n) is 21.1. The number of hydrogen-bond acceptors (Lipinski definition) is 15. The topological polar surface area (TPSA) is 197 Å². The van der Waals surface area contributed by atoms with Crippen LogP contribution < -0.4 is 25.3 Å². The maximum Gasteiger partial charge on any atom is 0.312 e. The Morgan fingerprint density at radius 1 is 0.968 bits per heavy atom. The van der Waals surface area contributed by atoms with Crippen LogP contribution in [0.2, 0.25) is 0 Å². The number of amides is 1. The molecule has 4 heterocycles. The number of ether oxygens (including phenoxy) is 4. The number of anilines is 3. The molecule has 0 fully saturated rings. The molecule has 9 atom stereocenters. The Morgan fingerprint density at radius 2 is 1.63 bits per heavy atom. The highest BCUT2D eigenvalue weighted by molar-refractivity contribution is 7.25. The lowest BCUT2D eigenvalue weighted by Gasteiger charge is -2.38. The zero-order valence-corrected chi connectivity index (χ0v) is 38.2. The van der Waals surface area contributed by atoms with Gasteiger partial charge in [0.15, 0.2) is 11.2 Å². The number of Topliss-reactive ketones (excluding diaryl/α,β-unsaturated/α-hetero) is 1. The molecule has 4 bridgehead atoms. The second-order valence-electron chi connectivity index (χ2n) is 17.4. The fourth-order valence-electron chi connectivity index (χ4n) is 8.99. The van der Waals surface area contributed by atoms with Crippen LogP contribution >= 0.6 is 11.3 Å². The predicted molar refractivity (Wildman–Crippen MR) is 244 cm³/mol. The van der Waals surface area contributed by atoms with Crippen LogP contribution in [-0.4, -0.2) is 102 Å². The number of nitrogens with one attached hydrogen (secondary N) is 1. The molecule has 16 heteroatoms. The summed E-state index contributed by atoms with van der Waals surface area (Å²) in [5.74, 6) is -6.81.